The number of hydrogen-bond acceptors (Lipinski definition) is 7. The summed E-state index contributed by atoms with van der Waals surface area (Å²) in [5.74, 6) is -0.356. The fourth-order valence-corrected chi connectivity index (χ4v) is 3.26. The molecule has 5 N–H and O–H groups in total. The van der Waals surface area contributed by atoms with Crippen molar-refractivity contribution in [1.29, 1.82) is 0 Å². The van der Waals surface area contributed by atoms with Crippen molar-refractivity contribution in [3.05, 3.63) is 34.4 Å². The normalized spacial score (nSPS) is 35.2. The first-order valence-corrected chi connectivity index (χ1v) is 6.76. The number of nitrogens with zero attached hydrogens (tertiary/aromatic N) is 2. The van der Waals surface area contributed by atoms with E-state index in [0.29, 0.717) is 12.8 Å². The number of anilines is 1. The van der Waals surface area contributed by atoms with Crippen LogP contribution in [0.2, 0.25) is 0 Å². The van der Waals surface area contributed by atoms with E-state index in [2.05, 4.69) is 4.98 Å². The Balaban J connectivity index is 2.03. The van der Waals surface area contributed by atoms with E-state index < -0.39 is 30.0 Å². The van der Waals surface area contributed by atoms with Gasteiger partial charge in [0, 0.05) is 12.1 Å². The van der Waals surface area contributed by atoms with Crippen molar-refractivity contribution in [3.63, 3.8) is 0 Å². The molecule has 3 rings (SSSR count). The number of nitrogens with one attached hydrogen (secondary N) is 1. The molecule has 1 aromatic heterocycles. The van der Waals surface area contributed by atoms with Crippen molar-refractivity contribution in [2.75, 3.05) is 5.48 Å². The fraction of sp³-hybridized carbons (Fsp3) is 0.538. The van der Waals surface area contributed by atoms with Gasteiger partial charge in [-0.15, -0.1) is 0 Å². The third-order valence-electron chi connectivity index (χ3n) is 4.25. The zero-order valence-corrected chi connectivity index (χ0v) is 11.1. The second kappa shape index (κ2) is 5.23. The minimum atomic E-state index is -1.14. The quantitative estimate of drug-likeness (QED) is 0.350. The summed E-state index contributed by atoms with van der Waals surface area (Å²) in [5.41, 5.74) is 1.89. The highest BCUT2D eigenvalue weighted by molar-refractivity contribution is 5.31. The van der Waals surface area contributed by atoms with Gasteiger partial charge in [-0.3, -0.25) is 15.3 Å². The van der Waals surface area contributed by atoms with Gasteiger partial charge in [-0.05, 0) is 24.5 Å². The van der Waals surface area contributed by atoms with Crippen molar-refractivity contribution < 1.29 is 20.5 Å². The Morgan fingerprint density at radius 1 is 1.29 bits per heavy atom. The van der Waals surface area contributed by atoms with Gasteiger partial charge >= 0.3 is 5.69 Å². The molecule has 8 heteroatoms. The maximum Gasteiger partial charge on any atom is 0.350 e. The number of fused-ring (bicyclic) bond motifs is 1. The largest absolute Gasteiger partial charge is 0.393 e. The fourth-order valence-electron chi connectivity index (χ4n) is 3.26. The van der Waals surface area contributed by atoms with Gasteiger partial charge in [0.25, 0.3) is 0 Å². The third-order valence-corrected chi connectivity index (χ3v) is 4.25. The summed E-state index contributed by atoms with van der Waals surface area (Å²) in [7, 11) is 0. The Labute approximate surface area is 120 Å². The predicted octanol–water partition coefficient (Wildman–Crippen LogP) is -0.982. The predicted molar refractivity (Wildman–Crippen MR) is 71.8 cm³/mol. The molecule has 0 bridgehead atoms. The van der Waals surface area contributed by atoms with Gasteiger partial charge in [0.2, 0.25) is 0 Å². The van der Waals surface area contributed by atoms with E-state index >= 15 is 0 Å². The molecule has 1 fully saturated rings. The molecule has 8 nitrogen and oxygen atoms in total. The number of aliphatic hydroxyl groups is 3. The van der Waals surface area contributed by atoms with E-state index in [-0.39, 0.29) is 11.7 Å². The van der Waals surface area contributed by atoms with Crippen molar-refractivity contribution in [3.8, 4) is 0 Å². The molecule has 2 aliphatic carbocycles. The molecule has 1 heterocycles. The molecule has 0 aromatic carbocycles. The lowest BCUT2D eigenvalue weighted by Gasteiger charge is -2.25. The van der Waals surface area contributed by atoms with Gasteiger partial charge in [-0.1, -0.05) is 6.08 Å². The lowest BCUT2D eigenvalue weighted by atomic mass is 9.86. The molecule has 114 valence electrons. The van der Waals surface area contributed by atoms with Crippen LogP contribution in [0.4, 0.5) is 5.82 Å². The minimum absolute atomic E-state index is 0.00822. The zero-order valence-electron chi connectivity index (χ0n) is 11.1. The molecule has 0 radical (unpaired) electrons. The molecule has 5 atom stereocenters. The molecule has 0 unspecified atom stereocenters. The first-order valence-electron chi connectivity index (χ1n) is 6.76. The topological polar surface area (TPSA) is 128 Å². The van der Waals surface area contributed by atoms with Gasteiger partial charge in [-0.2, -0.15) is 4.98 Å². The molecule has 1 aromatic rings. The van der Waals surface area contributed by atoms with E-state index in [1.54, 1.807) is 11.6 Å². The van der Waals surface area contributed by atoms with Crippen LogP contribution in [0.3, 0.4) is 0 Å². The van der Waals surface area contributed by atoms with E-state index in [1.165, 1.54) is 16.8 Å². The van der Waals surface area contributed by atoms with Gasteiger partial charge in [-0.25, -0.2) is 4.79 Å². The second-order valence-corrected chi connectivity index (χ2v) is 5.48. The molecular formula is C13H17N3O5. The standard InChI is InChI=1S/C13H17N3O5/c17-6-1-2-7-8(5-6)11(18)12(19)10(7)16-4-3-9(15-21)14-13(16)20/h2-4,6,8,10-12,17-19,21H,1,5H2,(H,14,15,20)/t6-,8+,10-,11-,12+/m1/s1. The van der Waals surface area contributed by atoms with Gasteiger partial charge in [0.05, 0.1) is 18.2 Å². The van der Waals surface area contributed by atoms with Crippen LogP contribution < -0.4 is 11.2 Å². The Morgan fingerprint density at radius 3 is 2.71 bits per heavy atom. The van der Waals surface area contributed by atoms with E-state index in [1.807, 2.05) is 0 Å². The highest BCUT2D eigenvalue weighted by atomic mass is 16.5. The smallest absolute Gasteiger partial charge is 0.350 e. The molecule has 2 aliphatic rings. The SMILES string of the molecule is O=c1nc(NO)ccn1[C@@H]1C2=CC[C@@H](O)C[C@@H]2[C@@H](O)[C@H]1O. The van der Waals surface area contributed by atoms with Crippen molar-refractivity contribution in [2.45, 2.75) is 37.2 Å². The Bertz CT molecular complexity index is 628. The lowest BCUT2D eigenvalue weighted by molar-refractivity contribution is -0.00392. The van der Waals surface area contributed by atoms with Crippen LogP contribution in [0.25, 0.3) is 0 Å². The Kier molecular flexibility index (Phi) is 3.54. The molecule has 0 saturated heterocycles. The average Bonchev–Trinajstić information content (AvgIpc) is 2.71. The van der Waals surface area contributed by atoms with Crippen LogP contribution >= 0.6 is 0 Å². The van der Waals surface area contributed by atoms with Crippen LogP contribution in [-0.4, -0.2) is 48.4 Å². The summed E-state index contributed by atoms with van der Waals surface area (Å²) >= 11 is 0. The lowest BCUT2D eigenvalue weighted by Crippen LogP contribution is -2.35. The van der Waals surface area contributed by atoms with Crippen molar-refractivity contribution in [1.82, 2.24) is 9.55 Å². The summed E-state index contributed by atoms with van der Waals surface area (Å²) in [6.45, 7) is 0. The first kappa shape index (κ1) is 14.2. The molecule has 0 aliphatic heterocycles. The molecule has 21 heavy (non-hydrogen) atoms. The molecular weight excluding hydrogens is 278 g/mol. The van der Waals surface area contributed by atoms with Gasteiger partial charge < -0.3 is 15.3 Å². The monoisotopic (exact) mass is 295 g/mol. The number of rotatable bonds is 2. The molecule has 0 spiro atoms. The van der Waals surface area contributed by atoms with Gasteiger partial charge in [0.1, 0.15) is 6.10 Å². The van der Waals surface area contributed by atoms with E-state index in [9.17, 15) is 20.1 Å². The number of hydrogen-bond donors (Lipinski definition) is 5. The van der Waals surface area contributed by atoms with Crippen LogP contribution in [0.1, 0.15) is 18.9 Å². The summed E-state index contributed by atoms with van der Waals surface area (Å²) in [5, 5.41) is 38.8. The van der Waals surface area contributed by atoms with Crippen LogP contribution in [0.5, 0.6) is 0 Å². The van der Waals surface area contributed by atoms with Crippen LogP contribution in [-0.2, 0) is 0 Å². The maximum atomic E-state index is 12.0. The van der Waals surface area contributed by atoms with Crippen LogP contribution in [0.15, 0.2) is 28.7 Å². The van der Waals surface area contributed by atoms with Gasteiger partial charge in [0.15, 0.2) is 5.82 Å². The van der Waals surface area contributed by atoms with Crippen molar-refractivity contribution in [2.24, 2.45) is 5.92 Å². The summed E-state index contributed by atoms with van der Waals surface area (Å²) in [6, 6.07) is 0.691. The zero-order chi connectivity index (χ0) is 15.1. The number of aliphatic hydroxyl groups excluding tert-OH is 3. The minimum Gasteiger partial charge on any atom is -0.393 e. The number of aromatic nitrogens is 2. The second-order valence-electron chi connectivity index (χ2n) is 5.48. The summed E-state index contributed by atoms with van der Waals surface area (Å²) in [6.07, 6.45) is 1.25. The third kappa shape index (κ3) is 2.26. The van der Waals surface area contributed by atoms with E-state index in [4.69, 9.17) is 5.21 Å². The summed E-state index contributed by atoms with van der Waals surface area (Å²) < 4.78 is 1.23. The highest BCUT2D eigenvalue weighted by Crippen LogP contribution is 2.44. The average molecular weight is 295 g/mol. The van der Waals surface area contributed by atoms with Crippen molar-refractivity contribution >= 4 is 5.82 Å². The maximum absolute atomic E-state index is 12.0. The summed E-state index contributed by atoms with van der Waals surface area (Å²) in [4.78, 5) is 15.6. The van der Waals surface area contributed by atoms with E-state index in [0.717, 1.165) is 5.57 Å². The highest BCUT2D eigenvalue weighted by Gasteiger charge is 2.48. The molecule has 0 amide bonds. The Morgan fingerprint density at radius 2 is 2.05 bits per heavy atom. The molecule has 1 saturated carbocycles. The first-order chi connectivity index (χ1) is 10.0. The van der Waals surface area contributed by atoms with Crippen LogP contribution in [0, 0.1) is 5.92 Å². The Hall–Kier alpha value is -1.74.